The minimum absolute atomic E-state index is 0. The molecule has 1 aromatic rings. The van der Waals surface area contributed by atoms with E-state index in [-0.39, 0.29) is 57.2 Å². The van der Waals surface area contributed by atoms with E-state index >= 15 is 0 Å². The number of hydrogen-bond acceptors (Lipinski definition) is 2. The Bertz CT molecular complexity index is 295. The molecule has 1 N–H and O–H groups in total. The fourth-order valence-corrected chi connectivity index (χ4v) is 1.45. The van der Waals surface area contributed by atoms with Gasteiger partial charge in [0.15, 0.2) is 0 Å². The molecule has 0 amide bonds. The molecule has 0 saturated carbocycles. The predicted molar refractivity (Wildman–Crippen MR) is 63.7 cm³/mol. The molecule has 1 aliphatic heterocycles. The summed E-state index contributed by atoms with van der Waals surface area (Å²) in [4.78, 5) is 0. The van der Waals surface area contributed by atoms with Gasteiger partial charge in [0.2, 0.25) is 0 Å². The molecule has 92 valence electrons. The van der Waals surface area contributed by atoms with Crippen molar-refractivity contribution in [3.05, 3.63) is 35.1 Å². The second-order valence-corrected chi connectivity index (χ2v) is 3.55. The number of halogens is 1. The maximum absolute atomic E-state index is 12.7. The first-order valence-corrected chi connectivity index (χ1v) is 5.66. The molecule has 2 rings (SSSR count). The first-order chi connectivity index (χ1) is 7.77. The summed E-state index contributed by atoms with van der Waals surface area (Å²) in [5.74, 6) is -0.120. The van der Waals surface area contributed by atoms with Crippen LogP contribution in [0.15, 0.2) is 18.2 Å². The Balaban J connectivity index is 0. The van der Waals surface area contributed by atoms with Crippen LogP contribution in [0.4, 0.5) is 4.39 Å². The molecule has 1 heterocycles. The maximum Gasteiger partial charge on any atom is 1.00 e. The van der Waals surface area contributed by atoms with E-state index in [1.807, 2.05) is 6.07 Å². The third-order valence-corrected chi connectivity index (χ3v) is 2.05. The first kappa shape index (κ1) is 20.0. The van der Waals surface area contributed by atoms with Crippen LogP contribution < -0.4 is 61.8 Å². The summed E-state index contributed by atoms with van der Waals surface area (Å²) >= 11 is 0. The summed E-state index contributed by atoms with van der Waals surface area (Å²) in [5, 5.41) is 11.5. The average molecular weight is 265 g/mol. The van der Waals surface area contributed by atoms with Gasteiger partial charge in [0, 0.05) is 6.54 Å². The minimum atomic E-state index is -0.120. The zero-order valence-corrected chi connectivity index (χ0v) is 14.5. The van der Waals surface area contributed by atoms with Crippen LogP contribution in [0, 0.1) is 5.82 Å². The van der Waals surface area contributed by atoms with Crippen molar-refractivity contribution >= 4 is 0 Å². The van der Waals surface area contributed by atoms with E-state index in [0.29, 0.717) is 0 Å². The monoisotopic (exact) mass is 265 g/mol. The third-order valence-electron chi connectivity index (χ3n) is 2.05. The first-order valence-electron chi connectivity index (χ1n) is 5.66. The molecule has 4 heteroatoms. The molecule has 0 aliphatic carbocycles. The summed E-state index contributed by atoms with van der Waals surface area (Å²) in [6.07, 6.45) is 2.20. The molecule has 17 heavy (non-hydrogen) atoms. The largest absolute Gasteiger partial charge is 1.00 e. The summed E-state index contributed by atoms with van der Waals surface area (Å²) in [6, 6.07) is 5.01. The van der Waals surface area contributed by atoms with Crippen molar-refractivity contribution in [1.29, 1.82) is 0 Å². The van der Waals surface area contributed by atoms with Gasteiger partial charge in [0.1, 0.15) is 5.82 Å². The van der Waals surface area contributed by atoms with Crippen molar-refractivity contribution in [2.24, 2.45) is 0 Å². The summed E-state index contributed by atoms with van der Waals surface area (Å²) in [7, 11) is 0.750. The van der Waals surface area contributed by atoms with Crippen molar-refractivity contribution in [2.45, 2.75) is 33.2 Å². The number of fused-ring (bicyclic) bond motifs is 1. The Morgan fingerprint density at radius 2 is 1.82 bits per heavy atom. The molecule has 0 aromatic heterocycles. The fourth-order valence-electron chi connectivity index (χ4n) is 1.45. The molecular weight excluding hydrogens is 244 g/mol. The van der Waals surface area contributed by atoms with E-state index in [2.05, 4.69) is 19.2 Å². The number of hydrogen-bond donors (Lipinski definition) is 1. The van der Waals surface area contributed by atoms with Crippen LogP contribution in [0.2, 0.25) is 0 Å². The van der Waals surface area contributed by atoms with Crippen molar-refractivity contribution in [1.82, 2.24) is 5.32 Å². The van der Waals surface area contributed by atoms with Gasteiger partial charge in [0.25, 0.3) is 0 Å². The Hall–Kier alpha value is 0.706. The quantitative estimate of drug-likeness (QED) is 0.603. The zero-order valence-electron chi connectivity index (χ0n) is 11.3. The standard InChI is InChI=1S/C9H10FN.C3H8.CH3O.K/c10-9-2-1-8-6-11-4-3-7(8)5-9;1-3-2;1-2;/h1-2,5,11H,3-4,6H2;3H2,1-2H3;1H3;/q;;-1;+1. The molecule has 1 aromatic carbocycles. The van der Waals surface area contributed by atoms with Gasteiger partial charge < -0.3 is 10.4 Å². The van der Waals surface area contributed by atoms with Crippen molar-refractivity contribution < 1.29 is 60.9 Å². The van der Waals surface area contributed by atoms with Crippen LogP contribution in [0.5, 0.6) is 0 Å². The molecule has 0 unspecified atom stereocenters. The summed E-state index contributed by atoms with van der Waals surface area (Å²) in [5.41, 5.74) is 2.39. The van der Waals surface area contributed by atoms with Crippen LogP contribution in [0.3, 0.4) is 0 Å². The number of benzene rings is 1. The van der Waals surface area contributed by atoms with Gasteiger partial charge in [-0.05, 0) is 36.2 Å². The maximum atomic E-state index is 12.7. The van der Waals surface area contributed by atoms with Crippen LogP contribution in [0.1, 0.15) is 31.4 Å². The zero-order chi connectivity index (χ0) is 12.4. The van der Waals surface area contributed by atoms with E-state index in [1.165, 1.54) is 18.1 Å². The average Bonchev–Trinajstić information content (AvgIpc) is 2.32. The van der Waals surface area contributed by atoms with Crippen molar-refractivity contribution in [2.75, 3.05) is 13.7 Å². The Morgan fingerprint density at radius 1 is 1.24 bits per heavy atom. The Labute approximate surface area is 146 Å². The van der Waals surface area contributed by atoms with Crippen LogP contribution >= 0.6 is 0 Å². The molecule has 0 atom stereocenters. The summed E-state index contributed by atoms with van der Waals surface area (Å²) < 4.78 is 12.7. The molecule has 0 radical (unpaired) electrons. The van der Waals surface area contributed by atoms with E-state index in [1.54, 1.807) is 6.07 Å². The SMILES string of the molecule is CCC.C[O-].Fc1ccc2c(c1)CCNC2.[K+]. The smallest absolute Gasteiger partial charge is 0.857 e. The second-order valence-electron chi connectivity index (χ2n) is 3.55. The fraction of sp³-hybridized carbons (Fsp3) is 0.538. The topological polar surface area (TPSA) is 35.1 Å². The van der Waals surface area contributed by atoms with Gasteiger partial charge in [-0.1, -0.05) is 26.3 Å². The molecule has 0 fully saturated rings. The van der Waals surface area contributed by atoms with Gasteiger partial charge in [-0.25, -0.2) is 4.39 Å². The Morgan fingerprint density at radius 3 is 2.41 bits per heavy atom. The van der Waals surface area contributed by atoms with Crippen molar-refractivity contribution in [3.8, 4) is 0 Å². The molecular formula is C13H21FKNO. The van der Waals surface area contributed by atoms with Crippen LogP contribution in [-0.2, 0) is 13.0 Å². The van der Waals surface area contributed by atoms with Gasteiger partial charge in [-0.3, -0.25) is 0 Å². The van der Waals surface area contributed by atoms with Gasteiger partial charge in [-0.15, -0.1) is 0 Å². The van der Waals surface area contributed by atoms with Gasteiger partial charge in [0.05, 0.1) is 0 Å². The summed E-state index contributed by atoms with van der Waals surface area (Å²) in [6.45, 7) is 6.10. The third kappa shape index (κ3) is 8.43. The van der Waals surface area contributed by atoms with Crippen LogP contribution in [0.25, 0.3) is 0 Å². The molecule has 0 saturated heterocycles. The van der Waals surface area contributed by atoms with E-state index in [9.17, 15) is 4.39 Å². The molecule has 2 nitrogen and oxygen atoms in total. The van der Waals surface area contributed by atoms with E-state index in [4.69, 9.17) is 5.11 Å². The van der Waals surface area contributed by atoms with E-state index < -0.39 is 0 Å². The number of rotatable bonds is 0. The molecule has 1 aliphatic rings. The van der Waals surface area contributed by atoms with Crippen molar-refractivity contribution in [3.63, 3.8) is 0 Å². The number of nitrogens with one attached hydrogen (secondary N) is 1. The normalized spacial score (nSPS) is 11.8. The Kier molecular flexibility index (Phi) is 15.5. The van der Waals surface area contributed by atoms with Crippen LogP contribution in [-0.4, -0.2) is 13.7 Å². The van der Waals surface area contributed by atoms with E-state index in [0.717, 1.165) is 32.2 Å². The molecule has 0 spiro atoms. The van der Waals surface area contributed by atoms with Gasteiger partial charge >= 0.3 is 51.4 Å². The molecule has 0 bridgehead atoms. The predicted octanol–water partition coefficient (Wildman–Crippen LogP) is -1.13. The minimum Gasteiger partial charge on any atom is -0.857 e. The second kappa shape index (κ2) is 13.1. The van der Waals surface area contributed by atoms with Gasteiger partial charge in [-0.2, -0.15) is 7.11 Å².